The lowest BCUT2D eigenvalue weighted by atomic mass is 10.2. The van der Waals surface area contributed by atoms with Gasteiger partial charge in [0.2, 0.25) is 0 Å². The molecule has 2 atom stereocenters. The molecule has 1 fully saturated rings. The van der Waals surface area contributed by atoms with E-state index in [0.717, 1.165) is 34.7 Å². The lowest BCUT2D eigenvalue weighted by Gasteiger charge is -2.16. The minimum absolute atomic E-state index is 0.0176. The molecule has 0 saturated carbocycles. The van der Waals surface area contributed by atoms with Crippen molar-refractivity contribution in [1.82, 2.24) is 9.55 Å². The van der Waals surface area contributed by atoms with Crippen LogP contribution in [0.1, 0.15) is 48.6 Å². The Labute approximate surface area is 177 Å². The predicted octanol–water partition coefficient (Wildman–Crippen LogP) is 5.62. The minimum atomic E-state index is -2.79. The van der Waals surface area contributed by atoms with Gasteiger partial charge in [-0.2, -0.15) is 8.78 Å². The number of hydrogen-bond donors (Lipinski definition) is 0. The molecule has 30 heavy (non-hydrogen) atoms. The van der Waals surface area contributed by atoms with E-state index in [0.29, 0.717) is 16.6 Å². The zero-order valence-electron chi connectivity index (χ0n) is 16.5. The largest absolute Gasteiger partial charge is 0.451 e. The van der Waals surface area contributed by atoms with E-state index in [1.54, 1.807) is 55.1 Å². The first-order chi connectivity index (χ1) is 14.5. The molecule has 8 heteroatoms. The van der Waals surface area contributed by atoms with Crippen molar-refractivity contribution in [2.24, 2.45) is 0 Å². The van der Waals surface area contributed by atoms with E-state index in [1.165, 1.54) is 0 Å². The van der Waals surface area contributed by atoms with Crippen LogP contribution in [0.5, 0.6) is 0 Å². The van der Waals surface area contributed by atoms with Crippen molar-refractivity contribution in [2.75, 3.05) is 12.4 Å². The van der Waals surface area contributed by atoms with Crippen LogP contribution in [0.4, 0.5) is 8.78 Å². The van der Waals surface area contributed by atoms with Gasteiger partial charge in [0.15, 0.2) is 11.9 Å². The lowest BCUT2D eigenvalue weighted by Crippen LogP contribution is -2.15. The molecule has 0 spiro atoms. The van der Waals surface area contributed by atoms with Gasteiger partial charge in [-0.1, -0.05) is 24.3 Å². The fourth-order valence-corrected chi connectivity index (χ4v) is 4.66. The van der Waals surface area contributed by atoms with Crippen LogP contribution in [0.25, 0.3) is 11.0 Å². The number of halogens is 2. The van der Waals surface area contributed by atoms with E-state index in [4.69, 9.17) is 9.47 Å². The second kappa shape index (κ2) is 9.14. The van der Waals surface area contributed by atoms with E-state index in [-0.39, 0.29) is 11.9 Å². The van der Waals surface area contributed by atoms with Crippen LogP contribution in [-0.4, -0.2) is 34.0 Å². The van der Waals surface area contributed by atoms with Gasteiger partial charge in [0.25, 0.3) is 0 Å². The molecule has 1 aliphatic heterocycles. The summed E-state index contributed by atoms with van der Waals surface area (Å²) in [6.45, 7) is -0.458. The summed E-state index contributed by atoms with van der Waals surface area (Å²) >= 11 is 1.54. The molecule has 4 rings (SSSR count). The summed E-state index contributed by atoms with van der Waals surface area (Å²) in [4.78, 5) is 17.9. The highest BCUT2D eigenvalue weighted by atomic mass is 32.2. The number of aromatic nitrogens is 2. The number of nitrogens with zero attached hydrogens (tertiary/aromatic N) is 2. The van der Waals surface area contributed by atoms with Crippen LogP contribution in [0, 0.1) is 0 Å². The number of hydrogen-bond acceptors (Lipinski definition) is 5. The van der Waals surface area contributed by atoms with E-state index < -0.39 is 18.6 Å². The third kappa shape index (κ3) is 4.34. The Bertz CT molecular complexity index is 1030. The van der Waals surface area contributed by atoms with Gasteiger partial charge in [0.05, 0.1) is 22.7 Å². The maximum atomic E-state index is 13.7. The summed E-state index contributed by atoms with van der Waals surface area (Å²) < 4.78 is 39.4. The summed E-state index contributed by atoms with van der Waals surface area (Å²) in [5, 5.41) is 0. The summed E-state index contributed by atoms with van der Waals surface area (Å²) in [5.41, 5.74) is 1.15. The average Bonchev–Trinajstić information content (AvgIpc) is 3.40. The molecule has 0 amide bonds. The summed E-state index contributed by atoms with van der Waals surface area (Å²) in [7, 11) is 0. The van der Waals surface area contributed by atoms with Crippen LogP contribution in [0.2, 0.25) is 0 Å². The fourth-order valence-electron chi connectivity index (χ4n) is 3.55. The molecule has 2 aromatic carbocycles. The average molecular weight is 432 g/mol. The van der Waals surface area contributed by atoms with Crippen molar-refractivity contribution in [3.8, 4) is 0 Å². The molecule has 1 aromatic heterocycles. The normalized spacial score (nSPS) is 17.5. The van der Waals surface area contributed by atoms with Gasteiger partial charge in [-0.3, -0.25) is 4.57 Å². The number of esters is 1. The lowest BCUT2D eigenvalue weighted by molar-refractivity contribution is 0.0229. The van der Waals surface area contributed by atoms with Crippen LogP contribution < -0.4 is 0 Å². The first kappa shape index (κ1) is 20.8. The molecular formula is C22H22F2N2O3S. The SMILES string of the molecule is CC(OC(=O)c1ccccc1SCC1CCCO1)c1nc2ccccc2n1C(F)F. The van der Waals surface area contributed by atoms with E-state index >= 15 is 0 Å². The standard InChI is InChI=1S/C22H22F2N2O3S/c1-14(20-25-17-9-3-4-10-18(17)26(20)22(23)24)29-21(27)16-8-2-5-11-19(16)30-13-15-7-6-12-28-15/h2-5,8-11,14-15,22H,6-7,12-13H2,1H3. The Kier molecular flexibility index (Phi) is 6.34. The fraction of sp³-hybridized carbons (Fsp3) is 0.364. The number of para-hydroxylation sites is 2. The maximum absolute atomic E-state index is 13.7. The van der Waals surface area contributed by atoms with Crippen molar-refractivity contribution >= 4 is 28.8 Å². The van der Waals surface area contributed by atoms with E-state index in [2.05, 4.69) is 4.98 Å². The third-order valence-electron chi connectivity index (χ3n) is 5.02. The van der Waals surface area contributed by atoms with Crippen LogP contribution in [-0.2, 0) is 9.47 Å². The summed E-state index contributed by atoms with van der Waals surface area (Å²) in [6, 6.07) is 13.8. The number of alkyl halides is 2. The first-order valence-corrected chi connectivity index (χ1v) is 10.8. The number of fused-ring (bicyclic) bond motifs is 1. The number of carbonyl (C=O) groups is 1. The molecule has 0 radical (unpaired) electrons. The van der Waals surface area contributed by atoms with Gasteiger partial charge < -0.3 is 9.47 Å². The Morgan fingerprint density at radius 2 is 2.03 bits per heavy atom. The first-order valence-electron chi connectivity index (χ1n) is 9.84. The molecule has 158 valence electrons. The van der Waals surface area contributed by atoms with Crippen molar-refractivity contribution in [1.29, 1.82) is 0 Å². The molecule has 0 N–H and O–H groups in total. The summed E-state index contributed by atoms with van der Waals surface area (Å²) in [5.74, 6) is 0.205. The molecule has 1 saturated heterocycles. The smallest absolute Gasteiger partial charge is 0.339 e. The van der Waals surface area contributed by atoms with Gasteiger partial charge >= 0.3 is 12.5 Å². The van der Waals surface area contributed by atoms with Crippen molar-refractivity contribution in [3.63, 3.8) is 0 Å². The monoisotopic (exact) mass is 432 g/mol. The molecule has 2 heterocycles. The van der Waals surface area contributed by atoms with Gasteiger partial charge in [-0.05, 0) is 44.0 Å². The zero-order chi connectivity index (χ0) is 21.1. The second-order valence-corrected chi connectivity index (χ2v) is 8.16. The summed E-state index contributed by atoms with van der Waals surface area (Å²) in [6.07, 6.45) is 1.32. The Balaban J connectivity index is 1.53. The molecule has 0 bridgehead atoms. The number of rotatable bonds is 7. The van der Waals surface area contributed by atoms with Crippen molar-refractivity contribution in [2.45, 2.75) is 43.4 Å². The Morgan fingerprint density at radius 3 is 2.80 bits per heavy atom. The van der Waals surface area contributed by atoms with E-state index in [1.807, 2.05) is 12.1 Å². The van der Waals surface area contributed by atoms with Crippen molar-refractivity contribution < 1.29 is 23.0 Å². The maximum Gasteiger partial charge on any atom is 0.339 e. The van der Waals surface area contributed by atoms with Gasteiger partial charge in [-0.25, -0.2) is 9.78 Å². The molecule has 5 nitrogen and oxygen atoms in total. The third-order valence-corrected chi connectivity index (χ3v) is 6.23. The molecule has 0 aliphatic carbocycles. The number of thioether (sulfide) groups is 1. The molecular weight excluding hydrogens is 410 g/mol. The quantitative estimate of drug-likeness (QED) is 0.358. The Hall–Kier alpha value is -2.45. The van der Waals surface area contributed by atoms with Crippen LogP contribution in [0.3, 0.4) is 0 Å². The van der Waals surface area contributed by atoms with Gasteiger partial charge in [-0.15, -0.1) is 11.8 Å². The highest BCUT2D eigenvalue weighted by molar-refractivity contribution is 7.99. The van der Waals surface area contributed by atoms with Gasteiger partial charge in [0.1, 0.15) is 0 Å². The number of benzene rings is 2. The minimum Gasteiger partial charge on any atom is -0.451 e. The zero-order valence-corrected chi connectivity index (χ0v) is 17.3. The van der Waals surface area contributed by atoms with Gasteiger partial charge in [0, 0.05) is 17.3 Å². The Morgan fingerprint density at radius 1 is 1.27 bits per heavy atom. The highest BCUT2D eigenvalue weighted by Crippen LogP contribution is 2.31. The van der Waals surface area contributed by atoms with E-state index in [9.17, 15) is 13.6 Å². The molecule has 2 unspecified atom stereocenters. The highest BCUT2D eigenvalue weighted by Gasteiger charge is 2.26. The van der Waals surface area contributed by atoms with Crippen molar-refractivity contribution in [3.05, 3.63) is 59.9 Å². The van der Waals surface area contributed by atoms with Crippen LogP contribution in [0.15, 0.2) is 53.4 Å². The topological polar surface area (TPSA) is 53.4 Å². The van der Waals surface area contributed by atoms with Crippen LogP contribution >= 0.6 is 11.8 Å². The molecule has 3 aromatic rings. The number of imidazole rings is 1. The second-order valence-electron chi connectivity index (χ2n) is 7.10. The predicted molar refractivity (Wildman–Crippen MR) is 111 cm³/mol. The number of ether oxygens (including phenoxy) is 2. The molecule has 1 aliphatic rings. The number of carbonyl (C=O) groups excluding carboxylic acids is 1.